The summed E-state index contributed by atoms with van der Waals surface area (Å²) in [5, 5.41) is 12.6. The Morgan fingerprint density at radius 3 is 2.62 bits per heavy atom. The Morgan fingerprint density at radius 1 is 1.08 bits per heavy atom. The van der Waals surface area contributed by atoms with Gasteiger partial charge >= 0.3 is 4.87 Å². The van der Waals surface area contributed by atoms with Gasteiger partial charge in [-0.05, 0) is 23.3 Å². The maximum Gasteiger partial charge on any atom is 0.307 e. The van der Waals surface area contributed by atoms with Gasteiger partial charge in [0.05, 0.1) is 10.6 Å². The second-order valence-corrected chi connectivity index (χ2v) is 7.15. The van der Waals surface area contributed by atoms with Crippen LogP contribution in [0.2, 0.25) is 0 Å². The van der Waals surface area contributed by atoms with Crippen molar-refractivity contribution in [3.05, 3.63) is 74.2 Å². The Bertz CT molecular complexity index is 1010. The molecule has 26 heavy (non-hydrogen) atoms. The molecule has 2 heterocycles. The van der Waals surface area contributed by atoms with Crippen LogP contribution in [0.15, 0.2) is 53.3 Å². The summed E-state index contributed by atoms with van der Waals surface area (Å²) in [6, 6.07) is 15.2. The molecular formula is C19H16N2O4S. The van der Waals surface area contributed by atoms with Gasteiger partial charge < -0.3 is 15.2 Å². The first kappa shape index (κ1) is 16.4. The number of ether oxygens (including phenoxy) is 1. The maximum absolute atomic E-state index is 12.4. The molecule has 1 aliphatic heterocycles. The minimum Gasteiger partial charge on any atom is -0.494 e. The van der Waals surface area contributed by atoms with Crippen molar-refractivity contribution in [1.82, 2.24) is 4.98 Å². The SMILES string of the molecule is O=C1Nc2cc(Cc3sc(=O)[nH]c3O)ccc2OC1Cc1ccccc1. The van der Waals surface area contributed by atoms with Gasteiger partial charge in [0.25, 0.3) is 5.91 Å². The van der Waals surface area contributed by atoms with E-state index in [1.807, 2.05) is 36.4 Å². The summed E-state index contributed by atoms with van der Waals surface area (Å²) in [7, 11) is 0. The number of rotatable bonds is 4. The molecule has 3 N–H and O–H groups in total. The molecule has 132 valence electrons. The number of carbonyl (C=O) groups is 1. The van der Waals surface area contributed by atoms with Crippen LogP contribution >= 0.6 is 11.3 Å². The van der Waals surface area contributed by atoms with Crippen molar-refractivity contribution < 1.29 is 14.6 Å². The first-order valence-corrected chi connectivity index (χ1v) is 8.95. The molecule has 0 spiro atoms. The van der Waals surface area contributed by atoms with E-state index in [4.69, 9.17) is 4.74 Å². The lowest BCUT2D eigenvalue weighted by Gasteiger charge is -2.26. The van der Waals surface area contributed by atoms with Crippen molar-refractivity contribution in [2.45, 2.75) is 18.9 Å². The van der Waals surface area contributed by atoms with Gasteiger partial charge in [0.1, 0.15) is 5.75 Å². The molecular weight excluding hydrogens is 352 g/mol. The van der Waals surface area contributed by atoms with E-state index in [2.05, 4.69) is 10.3 Å². The summed E-state index contributed by atoms with van der Waals surface area (Å²) < 4.78 is 5.87. The van der Waals surface area contributed by atoms with Crippen molar-refractivity contribution >= 4 is 22.9 Å². The van der Waals surface area contributed by atoms with E-state index >= 15 is 0 Å². The van der Waals surface area contributed by atoms with Crippen LogP contribution in [-0.4, -0.2) is 22.1 Å². The number of aromatic amines is 1. The number of H-pyrrole nitrogens is 1. The Morgan fingerprint density at radius 2 is 1.88 bits per heavy atom. The highest BCUT2D eigenvalue weighted by molar-refractivity contribution is 7.09. The summed E-state index contributed by atoms with van der Waals surface area (Å²) >= 11 is 0.969. The van der Waals surface area contributed by atoms with Crippen molar-refractivity contribution in [1.29, 1.82) is 0 Å². The molecule has 0 fully saturated rings. The summed E-state index contributed by atoms with van der Waals surface area (Å²) in [5.41, 5.74) is 2.49. The van der Waals surface area contributed by atoms with Gasteiger partial charge in [-0.15, -0.1) is 0 Å². The van der Waals surface area contributed by atoms with Gasteiger partial charge in [0.2, 0.25) is 5.88 Å². The number of carbonyl (C=O) groups excluding carboxylic acids is 1. The van der Waals surface area contributed by atoms with E-state index in [9.17, 15) is 14.7 Å². The van der Waals surface area contributed by atoms with Crippen LogP contribution < -0.4 is 14.9 Å². The molecule has 1 amide bonds. The van der Waals surface area contributed by atoms with Crippen molar-refractivity contribution in [3.8, 4) is 11.6 Å². The average Bonchev–Trinajstić information content (AvgIpc) is 2.94. The minimum absolute atomic E-state index is 0.110. The smallest absolute Gasteiger partial charge is 0.307 e. The third-order valence-electron chi connectivity index (χ3n) is 4.19. The highest BCUT2D eigenvalue weighted by Gasteiger charge is 2.28. The maximum atomic E-state index is 12.4. The van der Waals surface area contributed by atoms with Gasteiger partial charge in [-0.1, -0.05) is 47.7 Å². The highest BCUT2D eigenvalue weighted by atomic mass is 32.1. The standard InChI is InChI=1S/C19H16N2O4S/c22-17-15(9-11-4-2-1-3-5-11)25-14-7-6-12(8-13(14)20-17)10-16-18(23)21-19(24)26-16/h1-8,15,23H,9-10H2,(H,20,22)(H,21,24). The summed E-state index contributed by atoms with van der Waals surface area (Å²) in [6.07, 6.45) is 0.319. The van der Waals surface area contributed by atoms with Crippen LogP contribution in [0.3, 0.4) is 0 Å². The lowest BCUT2D eigenvalue weighted by Crippen LogP contribution is -2.38. The molecule has 7 heteroatoms. The number of amides is 1. The van der Waals surface area contributed by atoms with E-state index in [1.54, 1.807) is 12.1 Å². The second-order valence-electron chi connectivity index (χ2n) is 6.08. The molecule has 1 aliphatic rings. The van der Waals surface area contributed by atoms with Gasteiger partial charge in [-0.2, -0.15) is 0 Å². The first-order valence-electron chi connectivity index (χ1n) is 8.14. The third kappa shape index (κ3) is 3.34. The highest BCUT2D eigenvalue weighted by Crippen LogP contribution is 2.32. The number of benzene rings is 2. The predicted octanol–water partition coefficient (Wildman–Crippen LogP) is 2.68. The van der Waals surface area contributed by atoms with Gasteiger partial charge in [-0.25, -0.2) is 0 Å². The molecule has 4 rings (SSSR count). The quantitative estimate of drug-likeness (QED) is 0.660. The molecule has 1 aromatic heterocycles. The van der Waals surface area contributed by atoms with E-state index in [1.165, 1.54) is 0 Å². The zero-order valence-electron chi connectivity index (χ0n) is 13.7. The third-order valence-corrected chi connectivity index (χ3v) is 5.06. The largest absolute Gasteiger partial charge is 0.494 e. The van der Waals surface area contributed by atoms with Crippen LogP contribution in [0.1, 0.15) is 16.0 Å². The summed E-state index contributed by atoms with van der Waals surface area (Å²) in [4.78, 5) is 26.3. The lowest BCUT2D eigenvalue weighted by atomic mass is 10.0. The second kappa shape index (κ2) is 6.68. The number of thiazole rings is 1. The number of aromatic hydroxyl groups is 1. The monoisotopic (exact) mass is 368 g/mol. The zero-order chi connectivity index (χ0) is 18.1. The van der Waals surface area contributed by atoms with E-state index in [0.29, 0.717) is 29.2 Å². The topological polar surface area (TPSA) is 91.4 Å². The number of aromatic nitrogens is 1. The summed E-state index contributed by atoms with van der Waals surface area (Å²) in [6.45, 7) is 0. The van der Waals surface area contributed by atoms with Crippen molar-refractivity contribution in [2.75, 3.05) is 5.32 Å². The fourth-order valence-corrected chi connectivity index (χ4v) is 3.69. The molecule has 1 unspecified atom stereocenters. The molecule has 2 aromatic carbocycles. The molecule has 0 saturated heterocycles. The van der Waals surface area contributed by atoms with E-state index in [0.717, 1.165) is 22.5 Å². The number of anilines is 1. The molecule has 0 bridgehead atoms. The minimum atomic E-state index is -0.574. The number of hydrogen-bond acceptors (Lipinski definition) is 5. The van der Waals surface area contributed by atoms with Crippen LogP contribution in [0.25, 0.3) is 0 Å². The predicted molar refractivity (Wildman–Crippen MR) is 99.0 cm³/mol. The van der Waals surface area contributed by atoms with Crippen molar-refractivity contribution in [3.63, 3.8) is 0 Å². The molecule has 6 nitrogen and oxygen atoms in total. The van der Waals surface area contributed by atoms with Crippen LogP contribution in [0.5, 0.6) is 11.6 Å². The Hall–Kier alpha value is -3.06. The first-order chi connectivity index (χ1) is 12.6. The Kier molecular flexibility index (Phi) is 4.22. The Balaban J connectivity index is 1.53. The van der Waals surface area contributed by atoms with Crippen LogP contribution in [-0.2, 0) is 17.6 Å². The molecule has 0 saturated carbocycles. The normalized spacial score (nSPS) is 15.8. The van der Waals surface area contributed by atoms with E-state index in [-0.39, 0.29) is 16.7 Å². The average molecular weight is 368 g/mol. The Labute approximate surface area is 153 Å². The molecule has 1 atom stereocenters. The zero-order valence-corrected chi connectivity index (χ0v) is 14.5. The van der Waals surface area contributed by atoms with Gasteiger partial charge in [-0.3, -0.25) is 14.6 Å². The lowest BCUT2D eigenvalue weighted by molar-refractivity contribution is -0.123. The fourth-order valence-electron chi connectivity index (χ4n) is 2.93. The molecule has 0 aliphatic carbocycles. The molecule has 0 radical (unpaired) electrons. The molecule has 3 aromatic rings. The van der Waals surface area contributed by atoms with Crippen molar-refractivity contribution in [2.24, 2.45) is 0 Å². The fraction of sp³-hybridized carbons (Fsp3) is 0.158. The number of fused-ring (bicyclic) bond motifs is 1. The van der Waals surface area contributed by atoms with E-state index < -0.39 is 6.10 Å². The number of nitrogens with one attached hydrogen (secondary N) is 2. The summed E-state index contributed by atoms with van der Waals surface area (Å²) in [5.74, 6) is 0.314. The van der Waals surface area contributed by atoms with Gasteiger partial charge in [0, 0.05) is 12.8 Å². The van der Waals surface area contributed by atoms with Crippen LogP contribution in [0.4, 0.5) is 5.69 Å². The number of hydrogen-bond donors (Lipinski definition) is 3. The van der Waals surface area contributed by atoms with Gasteiger partial charge in [0.15, 0.2) is 6.10 Å². The van der Waals surface area contributed by atoms with Crippen LogP contribution in [0, 0.1) is 0 Å².